The van der Waals surface area contributed by atoms with E-state index in [0.717, 1.165) is 0 Å². The van der Waals surface area contributed by atoms with Gasteiger partial charge in [-0.1, -0.05) is 0 Å². The van der Waals surface area contributed by atoms with E-state index in [1.165, 1.54) is 0 Å². The Labute approximate surface area is 78.6 Å². The summed E-state index contributed by atoms with van der Waals surface area (Å²) >= 11 is 0. The number of alkyl halides is 7. The van der Waals surface area contributed by atoms with Gasteiger partial charge in [-0.2, -0.15) is 34.8 Å². The van der Waals surface area contributed by atoms with Gasteiger partial charge in [0.2, 0.25) is 0 Å². The van der Waals surface area contributed by atoms with Crippen molar-refractivity contribution < 1.29 is 43.7 Å². The quantitative estimate of drug-likeness (QED) is 0.613. The van der Waals surface area contributed by atoms with E-state index in [0.29, 0.717) is 0 Å². The van der Waals surface area contributed by atoms with Crippen molar-refractivity contribution in [1.29, 1.82) is 0 Å². The zero-order chi connectivity index (χ0) is 12.7. The van der Waals surface area contributed by atoms with Gasteiger partial charge in [-0.25, -0.2) is 4.39 Å². The second-order valence-corrected chi connectivity index (χ2v) is 4.09. The topological polar surface area (TPSA) is 54.4 Å². The normalized spacial score (nSPS) is 18.7. The van der Waals surface area contributed by atoms with Crippen LogP contribution < -0.4 is 0 Å². The summed E-state index contributed by atoms with van der Waals surface area (Å²) in [5.41, 5.74) is 0. The maximum absolute atomic E-state index is 12.6. The van der Waals surface area contributed by atoms with Crippen molar-refractivity contribution in [2.24, 2.45) is 0 Å². The summed E-state index contributed by atoms with van der Waals surface area (Å²) in [5.74, 6) is 0. The molecule has 1 unspecified atom stereocenters. The van der Waals surface area contributed by atoms with Crippen LogP contribution >= 0.6 is 0 Å². The highest BCUT2D eigenvalue weighted by Gasteiger charge is 2.69. The standard InChI is InChI=1S/C4H3F7O3S/c5-2(4(9,10)11,15(12,13)14)1-3(6,7)8/h1H2,(H,12,13,14). The Morgan fingerprint density at radius 2 is 1.27 bits per heavy atom. The van der Waals surface area contributed by atoms with Crippen molar-refractivity contribution in [1.82, 2.24) is 0 Å². The molecule has 0 aliphatic carbocycles. The summed E-state index contributed by atoms with van der Waals surface area (Å²) in [7, 11) is -6.57. The van der Waals surface area contributed by atoms with Gasteiger partial charge in [0.15, 0.2) is 0 Å². The van der Waals surface area contributed by atoms with Crippen LogP contribution in [0.5, 0.6) is 0 Å². The second-order valence-electron chi connectivity index (χ2n) is 2.49. The molecule has 0 bridgehead atoms. The monoisotopic (exact) mass is 264 g/mol. The molecule has 0 aromatic heterocycles. The summed E-state index contributed by atoms with van der Waals surface area (Å²) in [6.07, 6.45) is -15.5. The van der Waals surface area contributed by atoms with Crippen LogP contribution in [0.2, 0.25) is 0 Å². The smallest absolute Gasteiger partial charge is 0.283 e. The van der Waals surface area contributed by atoms with Crippen LogP contribution in [0.4, 0.5) is 30.7 Å². The SMILES string of the molecule is O=S(=O)(O)C(F)(CC(F)(F)F)C(F)(F)F. The maximum atomic E-state index is 12.6. The van der Waals surface area contributed by atoms with Crippen LogP contribution in [0.3, 0.4) is 0 Å². The Balaban J connectivity index is 5.46. The van der Waals surface area contributed by atoms with E-state index >= 15 is 0 Å². The van der Waals surface area contributed by atoms with Crippen molar-refractivity contribution in [3.8, 4) is 0 Å². The van der Waals surface area contributed by atoms with Crippen LogP contribution in [0.1, 0.15) is 6.42 Å². The molecule has 0 radical (unpaired) electrons. The maximum Gasteiger partial charge on any atom is 0.440 e. The molecular weight excluding hydrogens is 261 g/mol. The van der Waals surface area contributed by atoms with Gasteiger partial charge in [-0.3, -0.25) is 4.55 Å². The molecule has 1 atom stereocenters. The van der Waals surface area contributed by atoms with Crippen LogP contribution in [0, 0.1) is 0 Å². The molecule has 0 rings (SSSR count). The first-order valence-electron chi connectivity index (χ1n) is 3.00. The lowest BCUT2D eigenvalue weighted by Gasteiger charge is -2.25. The van der Waals surface area contributed by atoms with Crippen molar-refractivity contribution in [2.75, 3.05) is 0 Å². The van der Waals surface area contributed by atoms with E-state index in [9.17, 15) is 39.2 Å². The fraction of sp³-hybridized carbons (Fsp3) is 1.00. The van der Waals surface area contributed by atoms with Gasteiger partial charge < -0.3 is 0 Å². The average molecular weight is 264 g/mol. The first-order chi connectivity index (χ1) is 6.21. The van der Waals surface area contributed by atoms with E-state index in [2.05, 4.69) is 0 Å². The van der Waals surface area contributed by atoms with Gasteiger partial charge in [-0.15, -0.1) is 0 Å². The molecule has 1 N–H and O–H groups in total. The fourth-order valence-corrected chi connectivity index (χ4v) is 1.23. The first-order valence-corrected chi connectivity index (χ1v) is 4.44. The molecular formula is C4H3F7O3S. The van der Waals surface area contributed by atoms with Crippen molar-refractivity contribution >= 4 is 10.1 Å². The molecule has 15 heavy (non-hydrogen) atoms. The summed E-state index contributed by atoms with van der Waals surface area (Å²) in [4.78, 5) is 0. The van der Waals surface area contributed by atoms with Crippen molar-refractivity contribution in [3.63, 3.8) is 0 Å². The lowest BCUT2D eigenvalue weighted by molar-refractivity contribution is -0.239. The van der Waals surface area contributed by atoms with Crippen molar-refractivity contribution in [2.45, 2.75) is 23.8 Å². The number of hydrogen-bond acceptors (Lipinski definition) is 2. The number of rotatable bonds is 2. The predicted octanol–water partition coefficient (Wildman–Crippen LogP) is 2.05. The van der Waals surface area contributed by atoms with Gasteiger partial charge in [0.25, 0.3) is 0 Å². The molecule has 0 aromatic carbocycles. The Morgan fingerprint density at radius 1 is 0.933 bits per heavy atom. The summed E-state index contributed by atoms with van der Waals surface area (Å²) in [5, 5.41) is -5.74. The van der Waals surface area contributed by atoms with Crippen LogP contribution in [-0.4, -0.2) is 30.3 Å². The molecule has 0 heterocycles. The Kier molecular flexibility index (Phi) is 3.34. The van der Waals surface area contributed by atoms with Gasteiger partial charge in [0.1, 0.15) is 6.42 Å². The minimum Gasteiger partial charge on any atom is -0.283 e. The molecule has 0 amide bonds. The molecule has 11 heteroatoms. The zero-order valence-electron chi connectivity index (χ0n) is 6.52. The lowest BCUT2D eigenvalue weighted by Crippen LogP contribution is -2.50. The molecule has 0 spiro atoms. The van der Waals surface area contributed by atoms with E-state index < -0.39 is 33.9 Å². The molecule has 0 aliphatic rings. The van der Waals surface area contributed by atoms with Gasteiger partial charge in [0.05, 0.1) is 0 Å². The van der Waals surface area contributed by atoms with E-state index in [1.807, 2.05) is 0 Å². The van der Waals surface area contributed by atoms with Crippen LogP contribution in [0.15, 0.2) is 0 Å². The molecule has 0 saturated heterocycles. The third kappa shape index (κ3) is 3.19. The molecule has 0 aromatic rings. The minimum atomic E-state index is -6.57. The highest BCUT2D eigenvalue weighted by Crippen LogP contribution is 2.45. The third-order valence-electron chi connectivity index (χ3n) is 1.26. The van der Waals surface area contributed by atoms with E-state index in [1.54, 1.807) is 0 Å². The van der Waals surface area contributed by atoms with Gasteiger partial charge in [0, 0.05) is 0 Å². The molecule has 0 fully saturated rings. The van der Waals surface area contributed by atoms with E-state index in [-0.39, 0.29) is 0 Å². The average Bonchev–Trinajstić information content (AvgIpc) is 1.77. The summed E-state index contributed by atoms with van der Waals surface area (Å²) in [6, 6.07) is 0. The zero-order valence-corrected chi connectivity index (χ0v) is 7.34. The second kappa shape index (κ2) is 3.47. The Bertz CT molecular complexity index is 327. The van der Waals surface area contributed by atoms with Crippen molar-refractivity contribution in [3.05, 3.63) is 0 Å². The molecule has 0 saturated carbocycles. The first kappa shape index (κ1) is 14.4. The molecule has 92 valence electrons. The fourth-order valence-electron chi connectivity index (χ4n) is 0.595. The molecule has 3 nitrogen and oxygen atoms in total. The predicted molar refractivity (Wildman–Crippen MR) is 32.1 cm³/mol. The highest BCUT2D eigenvalue weighted by molar-refractivity contribution is 7.87. The highest BCUT2D eigenvalue weighted by atomic mass is 32.2. The lowest BCUT2D eigenvalue weighted by atomic mass is 10.2. The Morgan fingerprint density at radius 3 is 1.33 bits per heavy atom. The number of hydrogen-bond donors (Lipinski definition) is 1. The van der Waals surface area contributed by atoms with Crippen LogP contribution in [0.25, 0.3) is 0 Å². The summed E-state index contributed by atoms with van der Waals surface area (Å²) < 4.78 is 110. The third-order valence-corrected chi connectivity index (χ3v) is 2.45. The summed E-state index contributed by atoms with van der Waals surface area (Å²) in [6.45, 7) is 0. The van der Waals surface area contributed by atoms with Gasteiger partial charge in [-0.05, 0) is 0 Å². The minimum absolute atomic E-state index is 3.36. The molecule has 0 aliphatic heterocycles. The van der Waals surface area contributed by atoms with Crippen LogP contribution in [-0.2, 0) is 10.1 Å². The Hall–Kier alpha value is -0.580. The van der Waals surface area contributed by atoms with Gasteiger partial charge >= 0.3 is 27.5 Å². The number of halogens is 7. The van der Waals surface area contributed by atoms with E-state index in [4.69, 9.17) is 4.55 Å². The largest absolute Gasteiger partial charge is 0.440 e.